The SMILES string of the molecule is COCCCNC(=O)CNCCCC1CC1. The van der Waals surface area contributed by atoms with Gasteiger partial charge in [0.25, 0.3) is 0 Å². The van der Waals surface area contributed by atoms with Crippen LogP contribution in [0.5, 0.6) is 0 Å². The van der Waals surface area contributed by atoms with Crippen molar-refractivity contribution in [1.29, 1.82) is 0 Å². The molecule has 0 saturated heterocycles. The Morgan fingerprint density at radius 1 is 1.31 bits per heavy atom. The first-order valence-electron chi connectivity index (χ1n) is 6.29. The number of methoxy groups -OCH3 is 1. The molecule has 1 saturated carbocycles. The Morgan fingerprint density at radius 3 is 2.81 bits per heavy atom. The fraction of sp³-hybridized carbons (Fsp3) is 0.917. The van der Waals surface area contributed by atoms with E-state index in [1.54, 1.807) is 7.11 Å². The predicted molar refractivity (Wildman–Crippen MR) is 64.3 cm³/mol. The van der Waals surface area contributed by atoms with E-state index in [0.29, 0.717) is 19.7 Å². The summed E-state index contributed by atoms with van der Waals surface area (Å²) in [6, 6.07) is 0. The highest BCUT2D eigenvalue weighted by Crippen LogP contribution is 2.33. The van der Waals surface area contributed by atoms with E-state index in [2.05, 4.69) is 10.6 Å². The third kappa shape index (κ3) is 7.65. The molecule has 0 radical (unpaired) electrons. The smallest absolute Gasteiger partial charge is 0.233 e. The zero-order valence-electron chi connectivity index (χ0n) is 10.3. The summed E-state index contributed by atoms with van der Waals surface area (Å²) >= 11 is 0. The standard InChI is InChI=1S/C12H24N2O2/c1-16-9-3-8-14-12(15)10-13-7-2-4-11-5-6-11/h11,13H,2-10H2,1H3,(H,14,15). The Hall–Kier alpha value is -0.610. The van der Waals surface area contributed by atoms with Crippen LogP contribution in [0.3, 0.4) is 0 Å². The van der Waals surface area contributed by atoms with Crippen molar-refractivity contribution in [2.75, 3.05) is 33.4 Å². The topological polar surface area (TPSA) is 50.4 Å². The lowest BCUT2D eigenvalue weighted by Crippen LogP contribution is -2.35. The molecule has 1 rings (SSSR count). The third-order valence-corrected chi connectivity index (χ3v) is 2.80. The lowest BCUT2D eigenvalue weighted by Gasteiger charge is -2.06. The molecule has 0 unspecified atom stereocenters. The van der Waals surface area contributed by atoms with Gasteiger partial charge in [0.1, 0.15) is 0 Å². The van der Waals surface area contributed by atoms with Crippen molar-refractivity contribution in [2.24, 2.45) is 5.92 Å². The number of carbonyl (C=O) groups is 1. The van der Waals surface area contributed by atoms with Crippen LogP contribution in [-0.2, 0) is 9.53 Å². The number of hydrogen-bond acceptors (Lipinski definition) is 3. The minimum atomic E-state index is 0.0857. The second kappa shape index (κ2) is 8.53. The third-order valence-electron chi connectivity index (χ3n) is 2.80. The monoisotopic (exact) mass is 228 g/mol. The van der Waals surface area contributed by atoms with E-state index < -0.39 is 0 Å². The maximum absolute atomic E-state index is 11.3. The minimum Gasteiger partial charge on any atom is -0.385 e. The van der Waals surface area contributed by atoms with E-state index in [9.17, 15) is 4.79 Å². The van der Waals surface area contributed by atoms with Crippen LogP contribution in [-0.4, -0.2) is 39.3 Å². The van der Waals surface area contributed by atoms with Crippen molar-refractivity contribution in [3.63, 3.8) is 0 Å². The van der Waals surface area contributed by atoms with Crippen molar-refractivity contribution < 1.29 is 9.53 Å². The van der Waals surface area contributed by atoms with Gasteiger partial charge in [-0.2, -0.15) is 0 Å². The van der Waals surface area contributed by atoms with Crippen molar-refractivity contribution in [3.8, 4) is 0 Å². The van der Waals surface area contributed by atoms with Crippen LogP contribution in [0.1, 0.15) is 32.1 Å². The molecular formula is C12H24N2O2. The van der Waals surface area contributed by atoms with Gasteiger partial charge in [0, 0.05) is 20.3 Å². The van der Waals surface area contributed by atoms with Crippen LogP contribution in [0, 0.1) is 5.92 Å². The van der Waals surface area contributed by atoms with Gasteiger partial charge < -0.3 is 15.4 Å². The zero-order chi connectivity index (χ0) is 11.6. The molecule has 0 spiro atoms. The average Bonchev–Trinajstić information content (AvgIpc) is 3.08. The first-order valence-corrected chi connectivity index (χ1v) is 6.29. The zero-order valence-corrected chi connectivity index (χ0v) is 10.3. The molecule has 16 heavy (non-hydrogen) atoms. The summed E-state index contributed by atoms with van der Waals surface area (Å²) in [6.07, 6.45) is 6.23. The molecule has 94 valence electrons. The molecule has 0 aliphatic heterocycles. The second-order valence-electron chi connectivity index (χ2n) is 4.46. The number of carbonyl (C=O) groups excluding carboxylic acids is 1. The van der Waals surface area contributed by atoms with E-state index in [0.717, 1.165) is 18.9 Å². The molecule has 4 nitrogen and oxygen atoms in total. The summed E-state index contributed by atoms with van der Waals surface area (Å²) in [5.74, 6) is 1.08. The normalized spacial score (nSPS) is 15.1. The molecule has 1 aliphatic rings. The largest absolute Gasteiger partial charge is 0.385 e. The fourth-order valence-electron chi connectivity index (χ4n) is 1.63. The predicted octanol–water partition coefficient (Wildman–Crippen LogP) is 0.919. The lowest BCUT2D eigenvalue weighted by atomic mass is 10.2. The Kier molecular flexibility index (Phi) is 7.17. The van der Waals surface area contributed by atoms with Crippen LogP contribution in [0.25, 0.3) is 0 Å². The Bertz CT molecular complexity index is 193. The van der Waals surface area contributed by atoms with Gasteiger partial charge in [0.2, 0.25) is 5.91 Å². The Labute approximate surface area is 98.1 Å². The van der Waals surface area contributed by atoms with Crippen LogP contribution < -0.4 is 10.6 Å². The van der Waals surface area contributed by atoms with Crippen LogP contribution in [0.4, 0.5) is 0 Å². The molecule has 4 heteroatoms. The van der Waals surface area contributed by atoms with Gasteiger partial charge in [0.15, 0.2) is 0 Å². The molecule has 1 aliphatic carbocycles. The van der Waals surface area contributed by atoms with E-state index in [1.165, 1.54) is 25.7 Å². The number of nitrogens with one attached hydrogen (secondary N) is 2. The lowest BCUT2D eigenvalue weighted by molar-refractivity contribution is -0.120. The van der Waals surface area contributed by atoms with Gasteiger partial charge in [0.05, 0.1) is 6.54 Å². The van der Waals surface area contributed by atoms with Crippen LogP contribution in [0.2, 0.25) is 0 Å². The highest BCUT2D eigenvalue weighted by Gasteiger charge is 2.19. The fourth-order valence-corrected chi connectivity index (χ4v) is 1.63. The summed E-state index contributed by atoms with van der Waals surface area (Å²) in [7, 11) is 1.67. The maximum Gasteiger partial charge on any atom is 0.233 e. The summed E-state index contributed by atoms with van der Waals surface area (Å²) in [5, 5.41) is 6.01. The number of hydrogen-bond donors (Lipinski definition) is 2. The molecule has 0 aromatic carbocycles. The van der Waals surface area contributed by atoms with E-state index in [-0.39, 0.29) is 5.91 Å². The van der Waals surface area contributed by atoms with Crippen molar-refractivity contribution in [3.05, 3.63) is 0 Å². The summed E-state index contributed by atoms with van der Waals surface area (Å²) in [4.78, 5) is 11.3. The van der Waals surface area contributed by atoms with Gasteiger partial charge >= 0.3 is 0 Å². The second-order valence-corrected chi connectivity index (χ2v) is 4.46. The van der Waals surface area contributed by atoms with Gasteiger partial charge in [-0.15, -0.1) is 0 Å². The Balaban J connectivity index is 1.77. The van der Waals surface area contributed by atoms with Gasteiger partial charge in [-0.1, -0.05) is 12.8 Å². The average molecular weight is 228 g/mol. The molecule has 2 N–H and O–H groups in total. The van der Waals surface area contributed by atoms with Gasteiger partial charge in [-0.3, -0.25) is 4.79 Å². The molecule has 0 aromatic heterocycles. The first kappa shape index (κ1) is 13.5. The van der Waals surface area contributed by atoms with Crippen LogP contribution >= 0.6 is 0 Å². The molecule has 1 fully saturated rings. The number of rotatable bonds is 10. The van der Waals surface area contributed by atoms with Crippen LogP contribution in [0.15, 0.2) is 0 Å². The van der Waals surface area contributed by atoms with Gasteiger partial charge in [-0.05, 0) is 31.7 Å². The molecule has 0 aromatic rings. The number of ether oxygens (including phenoxy) is 1. The molecule has 0 atom stereocenters. The van der Waals surface area contributed by atoms with E-state index in [4.69, 9.17) is 4.74 Å². The molecule has 0 heterocycles. The Morgan fingerprint density at radius 2 is 2.12 bits per heavy atom. The summed E-state index contributed by atoms with van der Waals surface area (Å²) in [6.45, 7) is 2.81. The first-order chi connectivity index (χ1) is 7.83. The minimum absolute atomic E-state index is 0.0857. The quantitative estimate of drug-likeness (QED) is 0.547. The molecule has 0 bridgehead atoms. The maximum atomic E-state index is 11.3. The van der Waals surface area contributed by atoms with Crippen molar-refractivity contribution in [2.45, 2.75) is 32.1 Å². The molecule has 1 amide bonds. The highest BCUT2D eigenvalue weighted by molar-refractivity contribution is 5.77. The van der Waals surface area contributed by atoms with Crippen molar-refractivity contribution in [1.82, 2.24) is 10.6 Å². The van der Waals surface area contributed by atoms with Gasteiger partial charge in [-0.25, -0.2) is 0 Å². The van der Waals surface area contributed by atoms with E-state index >= 15 is 0 Å². The number of amides is 1. The highest BCUT2D eigenvalue weighted by atomic mass is 16.5. The summed E-state index contributed by atoms with van der Waals surface area (Å²) in [5.41, 5.74) is 0. The summed E-state index contributed by atoms with van der Waals surface area (Å²) < 4.78 is 4.90. The van der Waals surface area contributed by atoms with Crippen molar-refractivity contribution >= 4 is 5.91 Å². The van der Waals surface area contributed by atoms with E-state index in [1.807, 2.05) is 0 Å². The molecular weight excluding hydrogens is 204 g/mol.